The van der Waals surface area contributed by atoms with Gasteiger partial charge in [-0.2, -0.15) is 0 Å². The highest BCUT2D eigenvalue weighted by atomic mass is 16.5. The number of aryl methyl sites for hydroxylation is 1. The van der Waals surface area contributed by atoms with Gasteiger partial charge in [-0.05, 0) is 31.5 Å². The first-order valence-corrected chi connectivity index (χ1v) is 6.09. The Labute approximate surface area is 107 Å². The third-order valence-electron chi connectivity index (χ3n) is 3.01. The summed E-state index contributed by atoms with van der Waals surface area (Å²) in [4.78, 5) is 16.0. The van der Waals surface area contributed by atoms with E-state index in [4.69, 9.17) is 9.47 Å². The lowest BCUT2D eigenvalue weighted by Gasteiger charge is -2.15. The molecule has 1 saturated heterocycles. The molecule has 1 aromatic heterocycles. The van der Waals surface area contributed by atoms with E-state index in [0.717, 1.165) is 30.8 Å². The lowest BCUT2D eigenvalue weighted by atomic mass is 10.1. The van der Waals surface area contributed by atoms with Crippen molar-refractivity contribution in [2.24, 2.45) is 0 Å². The van der Waals surface area contributed by atoms with E-state index in [1.165, 1.54) is 7.11 Å². The van der Waals surface area contributed by atoms with Gasteiger partial charge in [0.15, 0.2) is 0 Å². The molecule has 1 aliphatic rings. The SMILES string of the molecule is COC(=O)c1cc(C2CNCCCO2)ncc1C. The van der Waals surface area contributed by atoms with E-state index >= 15 is 0 Å². The minimum absolute atomic E-state index is 0.100. The van der Waals surface area contributed by atoms with Crippen molar-refractivity contribution in [2.75, 3.05) is 26.8 Å². The van der Waals surface area contributed by atoms with Crippen LogP contribution in [0.5, 0.6) is 0 Å². The number of methoxy groups -OCH3 is 1. The molecule has 1 unspecified atom stereocenters. The van der Waals surface area contributed by atoms with Gasteiger partial charge in [-0.15, -0.1) is 0 Å². The van der Waals surface area contributed by atoms with Crippen molar-refractivity contribution in [1.82, 2.24) is 10.3 Å². The van der Waals surface area contributed by atoms with Gasteiger partial charge in [0.25, 0.3) is 0 Å². The molecule has 5 nitrogen and oxygen atoms in total. The second-order valence-electron chi connectivity index (χ2n) is 4.33. The normalized spacial score (nSPS) is 20.2. The maximum absolute atomic E-state index is 11.6. The summed E-state index contributed by atoms with van der Waals surface area (Å²) in [6, 6.07) is 1.76. The molecule has 0 spiro atoms. The van der Waals surface area contributed by atoms with E-state index in [9.17, 15) is 4.79 Å². The molecule has 18 heavy (non-hydrogen) atoms. The maximum Gasteiger partial charge on any atom is 0.338 e. The van der Waals surface area contributed by atoms with Gasteiger partial charge in [-0.3, -0.25) is 4.98 Å². The molecule has 0 aliphatic carbocycles. The highest BCUT2D eigenvalue weighted by molar-refractivity contribution is 5.90. The molecule has 1 atom stereocenters. The van der Waals surface area contributed by atoms with E-state index in [1.54, 1.807) is 12.3 Å². The molecule has 0 aromatic carbocycles. The van der Waals surface area contributed by atoms with Crippen LogP contribution in [0.15, 0.2) is 12.3 Å². The zero-order valence-electron chi connectivity index (χ0n) is 10.7. The van der Waals surface area contributed by atoms with Crippen molar-refractivity contribution in [3.63, 3.8) is 0 Å². The fourth-order valence-corrected chi connectivity index (χ4v) is 1.95. The average molecular weight is 250 g/mol. The van der Waals surface area contributed by atoms with Gasteiger partial charge >= 0.3 is 5.97 Å². The van der Waals surface area contributed by atoms with E-state index in [-0.39, 0.29) is 12.1 Å². The van der Waals surface area contributed by atoms with E-state index in [0.29, 0.717) is 12.2 Å². The summed E-state index contributed by atoms with van der Waals surface area (Å²) in [7, 11) is 1.38. The molecular weight excluding hydrogens is 232 g/mol. The standard InChI is InChI=1S/C13H18N2O3/c1-9-7-15-11(6-10(9)13(16)17-2)12-8-14-4-3-5-18-12/h6-7,12,14H,3-5,8H2,1-2H3. The summed E-state index contributed by atoms with van der Waals surface area (Å²) in [6.45, 7) is 4.22. The van der Waals surface area contributed by atoms with Crippen LogP contribution in [-0.2, 0) is 9.47 Å². The van der Waals surface area contributed by atoms with Crippen LogP contribution >= 0.6 is 0 Å². The largest absolute Gasteiger partial charge is 0.465 e. The molecule has 2 rings (SSSR count). The minimum atomic E-state index is -0.335. The monoisotopic (exact) mass is 250 g/mol. The van der Waals surface area contributed by atoms with Crippen LogP contribution in [0.4, 0.5) is 0 Å². The molecule has 1 N–H and O–H groups in total. The van der Waals surface area contributed by atoms with Crippen molar-refractivity contribution in [1.29, 1.82) is 0 Å². The van der Waals surface area contributed by atoms with Crippen molar-refractivity contribution >= 4 is 5.97 Å². The topological polar surface area (TPSA) is 60.5 Å². The summed E-state index contributed by atoms with van der Waals surface area (Å²) in [5.74, 6) is -0.335. The van der Waals surface area contributed by atoms with Crippen molar-refractivity contribution in [3.05, 3.63) is 29.1 Å². The summed E-state index contributed by atoms with van der Waals surface area (Å²) in [5, 5.41) is 3.29. The summed E-state index contributed by atoms with van der Waals surface area (Å²) in [5.41, 5.74) is 2.14. The van der Waals surface area contributed by atoms with Gasteiger partial charge in [0, 0.05) is 19.3 Å². The molecule has 1 fully saturated rings. The van der Waals surface area contributed by atoms with Crippen LogP contribution in [0.2, 0.25) is 0 Å². The first kappa shape index (κ1) is 13.0. The molecule has 1 aromatic rings. The summed E-state index contributed by atoms with van der Waals surface area (Å²) < 4.78 is 10.5. The molecule has 0 bridgehead atoms. The van der Waals surface area contributed by atoms with Gasteiger partial charge in [0.05, 0.1) is 18.4 Å². The quantitative estimate of drug-likeness (QED) is 0.800. The van der Waals surface area contributed by atoms with E-state index < -0.39 is 0 Å². The lowest BCUT2D eigenvalue weighted by molar-refractivity contribution is 0.0590. The number of esters is 1. The Morgan fingerprint density at radius 1 is 1.61 bits per heavy atom. The number of aromatic nitrogens is 1. The molecule has 2 heterocycles. The van der Waals surface area contributed by atoms with Crippen molar-refractivity contribution < 1.29 is 14.3 Å². The third-order valence-corrected chi connectivity index (χ3v) is 3.01. The van der Waals surface area contributed by atoms with Gasteiger partial charge in [0.1, 0.15) is 6.10 Å². The lowest BCUT2D eigenvalue weighted by Crippen LogP contribution is -2.21. The second-order valence-corrected chi connectivity index (χ2v) is 4.33. The van der Waals surface area contributed by atoms with Crippen LogP contribution < -0.4 is 5.32 Å². The number of nitrogens with zero attached hydrogens (tertiary/aromatic N) is 1. The Balaban J connectivity index is 2.25. The fraction of sp³-hybridized carbons (Fsp3) is 0.538. The maximum atomic E-state index is 11.6. The Hall–Kier alpha value is -1.46. The zero-order valence-corrected chi connectivity index (χ0v) is 10.7. The molecular formula is C13H18N2O3. The predicted octanol–water partition coefficient (Wildman–Crippen LogP) is 1.23. The van der Waals surface area contributed by atoms with Gasteiger partial charge in [0.2, 0.25) is 0 Å². The van der Waals surface area contributed by atoms with Crippen LogP contribution in [0.1, 0.15) is 34.1 Å². The number of rotatable bonds is 2. The summed E-state index contributed by atoms with van der Waals surface area (Å²) in [6.07, 6.45) is 2.58. The van der Waals surface area contributed by atoms with Crippen molar-refractivity contribution in [2.45, 2.75) is 19.4 Å². The zero-order chi connectivity index (χ0) is 13.0. The van der Waals surface area contributed by atoms with Gasteiger partial charge in [-0.1, -0.05) is 0 Å². The molecule has 5 heteroatoms. The fourth-order valence-electron chi connectivity index (χ4n) is 1.95. The highest BCUT2D eigenvalue weighted by Gasteiger charge is 2.19. The Morgan fingerprint density at radius 2 is 2.44 bits per heavy atom. The van der Waals surface area contributed by atoms with Crippen LogP contribution in [0.25, 0.3) is 0 Å². The van der Waals surface area contributed by atoms with E-state index in [2.05, 4.69) is 10.3 Å². The number of ether oxygens (including phenoxy) is 2. The number of nitrogens with one attached hydrogen (secondary N) is 1. The highest BCUT2D eigenvalue weighted by Crippen LogP contribution is 2.19. The Morgan fingerprint density at radius 3 is 3.22 bits per heavy atom. The van der Waals surface area contributed by atoms with Crippen molar-refractivity contribution in [3.8, 4) is 0 Å². The number of hydrogen-bond acceptors (Lipinski definition) is 5. The molecule has 98 valence electrons. The average Bonchev–Trinajstić information content (AvgIpc) is 2.67. The summed E-state index contributed by atoms with van der Waals surface area (Å²) >= 11 is 0. The van der Waals surface area contributed by atoms with Crippen LogP contribution in [-0.4, -0.2) is 37.8 Å². The number of pyridine rings is 1. The van der Waals surface area contributed by atoms with Gasteiger partial charge < -0.3 is 14.8 Å². The molecule has 0 amide bonds. The number of carbonyl (C=O) groups excluding carboxylic acids is 1. The molecule has 0 saturated carbocycles. The smallest absolute Gasteiger partial charge is 0.338 e. The first-order valence-electron chi connectivity index (χ1n) is 6.09. The first-order chi connectivity index (χ1) is 8.72. The van der Waals surface area contributed by atoms with Crippen LogP contribution in [0, 0.1) is 6.92 Å². The minimum Gasteiger partial charge on any atom is -0.465 e. The number of carbonyl (C=O) groups is 1. The second kappa shape index (κ2) is 5.93. The Bertz CT molecular complexity index is 426. The molecule has 1 aliphatic heterocycles. The Kier molecular flexibility index (Phi) is 4.28. The molecule has 0 radical (unpaired) electrons. The van der Waals surface area contributed by atoms with Crippen LogP contribution in [0.3, 0.4) is 0 Å². The number of hydrogen-bond donors (Lipinski definition) is 1. The van der Waals surface area contributed by atoms with Gasteiger partial charge in [-0.25, -0.2) is 4.79 Å². The van der Waals surface area contributed by atoms with E-state index in [1.807, 2.05) is 6.92 Å². The predicted molar refractivity (Wildman–Crippen MR) is 66.5 cm³/mol. The third kappa shape index (κ3) is 2.86.